The molecule has 1 aliphatic heterocycles. The number of amides is 1. The van der Waals surface area contributed by atoms with Crippen LogP contribution >= 0.6 is 0 Å². The van der Waals surface area contributed by atoms with Crippen molar-refractivity contribution in [3.8, 4) is 0 Å². The summed E-state index contributed by atoms with van der Waals surface area (Å²) < 4.78 is 21.1. The van der Waals surface area contributed by atoms with E-state index < -0.39 is 5.91 Å². The third-order valence-corrected chi connectivity index (χ3v) is 5.14. The Morgan fingerprint density at radius 1 is 1.33 bits per heavy atom. The molecule has 0 fully saturated rings. The molecule has 0 atom stereocenters. The van der Waals surface area contributed by atoms with Gasteiger partial charge in [0, 0.05) is 36.5 Å². The molecule has 1 aromatic carbocycles. The Bertz CT molecular complexity index is 1090. The smallest absolute Gasteiger partial charge is 0.296 e. The van der Waals surface area contributed by atoms with Crippen LogP contribution in [0.3, 0.4) is 0 Å². The van der Waals surface area contributed by atoms with Gasteiger partial charge in [-0.05, 0) is 36.6 Å². The molecule has 3 heterocycles. The average molecular weight is 410 g/mol. The second kappa shape index (κ2) is 8.73. The molecule has 30 heavy (non-hydrogen) atoms. The summed E-state index contributed by atoms with van der Waals surface area (Å²) in [6.07, 6.45) is 5.88. The van der Waals surface area contributed by atoms with Crippen molar-refractivity contribution in [2.45, 2.75) is 26.5 Å². The molecule has 3 aromatic rings. The first-order chi connectivity index (χ1) is 14.6. The first kappa shape index (κ1) is 20.2. The van der Waals surface area contributed by atoms with Gasteiger partial charge >= 0.3 is 0 Å². The van der Waals surface area contributed by atoms with Gasteiger partial charge in [0.25, 0.3) is 5.91 Å². The maximum Gasteiger partial charge on any atom is 0.296 e. The number of hydroxylamine groups is 2. The van der Waals surface area contributed by atoms with Crippen LogP contribution in [0.5, 0.6) is 0 Å². The van der Waals surface area contributed by atoms with Gasteiger partial charge in [-0.1, -0.05) is 12.1 Å². The summed E-state index contributed by atoms with van der Waals surface area (Å²) in [4.78, 5) is 20.8. The van der Waals surface area contributed by atoms with Crippen LogP contribution in [0.1, 0.15) is 34.1 Å². The van der Waals surface area contributed by atoms with E-state index in [-0.39, 0.29) is 18.1 Å². The van der Waals surface area contributed by atoms with E-state index in [4.69, 9.17) is 4.74 Å². The van der Waals surface area contributed by atoms with Crippen LogP contribution < -0.4 is 0 Å². The Labute approximate surface area is 173 Å². The van der Waals surface area contributed by atoms with Crippen LogP contribution in [0.2, 0.25) is 0 Å². The van der Waals surface area contributed by atoms with E-state index in [0.29, 0.717) is 37.8 Å². The lowest BCUT2D eigenvalue weighted by molar-refractivity contribution is -0.0606. The Morgan fingerprint density at radius 3 is 2.90 bits per heavy atom. The highest BCUT2D eigenvalue weighted by molar-refractivity contribution is 6.00. The topological polar surface area (TPSA) is 79.9 Å². The van der Waals surface area contributed by atoms with Gasteiger partial charge in [0.05, 0.1) is 31.5 Å². The van der Waals surface area contributed by atoms with Crippen molar-refractivity contribution in [3.05, 3.63) is 64.9 Å². The number of benzene rings is 1. The van der Waals surface area contributed by atoms with Gasteiger partial charge in [0.2, 0.25) is 0 Å². The number of ether oxygens (including phenoxy) is 1. The molecular weight excluding hydrogens is 387 g/mol. The zero-order valence-corrected chi connectivity index (χ0v) is 16.7. The van der Waals surface area contributed by atoms with Crippen LogP contribution in [0.25, 0.3) is 10.9 Å². The quantitative estimate of drug-likeness (QED) is 0.368. The van der Waals surface area contributed by atoms with E-state index in [2.05, 4.69) is 9.98 Å². The number of aromatic nitrogens is 2. The maximum atomic E-state index is 13.3. The number of carbonyl (C=O) groups is 1. The highest BCUT2D eigenvalue weighted by Crippen LogP contribution is 2.31. The minimum Gasteiger partial charge on any atom is -0.371 e. The lowest BCUT2D eigenvalue weighted by atomic mass is 9.99. The lowest BCUT2D eigenvalue weighted by Gasteiger charge is -2.23. The number of rotatable bonds is 7. The molecule has 0 saturated carbocycles. The Morgan fingerprint density at radius 2 is 2.13 bits per heavy atom. The third-order valence-electron chi connectivity index (χ3n) is 5.14. The van der Waals surface area contributed by atoms with E-state index in [0.717, 1.165) is 27.6 Å². The fourth-order valence-corrected chi connectivity index (χ4v) is 3.74. The summed E-state index contributed by atoms with van der Waals surface area (Å²) in [5.74, 6) is -0.770. The predicted octanol–water partition coefficient (Wildman–Crippen LogP) is 3.22. The summed E-state index contributed by atoms with van der Waals surface area (Å²) in [7, 11) is 0. The van der Waals surface area contributed by atoms with Crippen LogP contribution in [0.4, 0.5) is 4.39 Å². The number of nitrogens with zero attached hydrogens (tertiary/aromatic N) is 4. The van der Waals surface area contributed by atoms with Crippen LogP contribution in [-0.4, -0.2) is 51.6 Å². The number of hydrogen-bond acceptors (Lipinski definition) is 5. The van der Waals surface area contributed by atoms with Gasteiger partial charge in [0.1, 0.15) is 11.5 Å². The molecule has 7 nitrogen and oxygen atoms in total. The number of halogens is 1. The fraction of sp³-hybridized carbons (Fsp3) is 0.318. The van der Waals surface area contributed by atoms with Gasteiger partial charge < -0.3 is 9.30 Å². The Hall–Kier alpha value is -3.10. The van der Waals surface area contributed by atoms with Gasteiger partial charge in [-0.15, -0.1) is 0 Å². The number of fused-ring (bicyclic) bond motifs is 3. The molecule has 2 aromatic heterocycles. The zero-order valence-electron chi connectivity index (χ0n) is 16.7. The van der Waals surface area contributed by atoms with E-state index in [9.17, 15) is 14.4 Å². The van der Waals surface area contributed by atoms with Gasteiger partial charge in [-0.25, -0.2) is 14.4 Å². The standard InChI is InChI=1S/C22H23FN4O3/c1-2-24-8-10-30-14-16-13-26(12-15-3-5-17(23)6-4-15)19-11-25-21-18(20(16)19)7-9-27(29)22(21)28/h3-6,8,11,13,29H,2,7,9-10,12,14H2,1H3. The van der Waals surface area contributed by atoms with Gasteiger partial charge in [-0.2, -0.15) is 0 Å². The molecule has 156 valence electrons. The molecule has 0 unspecified atom stereocenters. The van der Waals surface area contributed by atoms with Crippen molar-refractivity contribution in [2.24, 2.45) is 4.99 Å². The molecule has 1 aliphatic rings. The molecule has 0 saturated heterocycles. The highest BCUT2D eigenvalue weighted by atomic mass is 19.1. The van der Waals surface area contributed by atoms with Crippen molar-refractivity contribution in [1.82, 2.24) is 14.6 Å². The minimum atomic E-state index is -0.494. The number of pyridine rings is 1. The average Bonchev–Trinajstić information content (AvgIpc) is 3.10. The highest BCUT2D eigenvalue weighted by Gasteiger charge is 2.28. The number of hydrogen-bond donors (Lipinski definition) is 1. The molecule has 0 radical (unpaired) electrons. The van der Waals surface area contributed by atoms with Crippen molar-refractivity contribution in [3.63, 3.8) is 0 Å². The van der Waals surface area contributed by atoms with Crippen LogP contribution in [0.15, 0.2) is 41.7 Å². The first-order valence-corrected chi connectivity index (χ1v) is 9.89. The van der Waals surface area contributed by atoms with Crippen molar-refractivity contribution in [2.75, 3.05) is 19.7 Å². The van der Waals surface area contributed by atoms with Gasteiger partial charge in [0.15, 0.2) is 0 Å². The van der Waals surface area contributed by atoms with Crippen molar-refractivity contribution in [1.29, 1.82) is 0 Å². The molecule has 0 aliphatic carbocycles. The van der Waals surface area contributed by atoms with Crippen molar-refractivity contribution >= 4 is 23.0 Å². The second-order valence-corrected chi connectivity index (χ2v) is 7.13. The lowest BCUT2D eigenvalue weighted by Crippen LogP contribution is -2.35. The molecule has 4 rings (SSSR count). The van der Waals surface area contributed by atoms with Crippen molar-refractivity contribution < 1.29 is 19.1 Å². The monoisotopic (exact) mass is 410 g/mol. The Balaban J connectivity index is 1.74. The molecular formula is C22H23FN4O3. The van der Waals surface area contributed by atoms with E-state index in [1.54, 1.807) is 24.5 Å². The summed E-state index contributed by atoms with van der Waals surface area (Å²) in [5.41, 5.74) is 3.85. The normalized spacial score (nSPS) is 14.1. The number of aliphatic imine (C=N–C) groups is 1. The summed E-state index contributed by atoms with van der Waals surface area (Å²) in [6.45, 7) is 4.18. The van der Waals surface area contributed by atoms with E-state index in [1.807, 2.05) is 17.7 Å². The SMILES string of the molecule is CCN=CCOCc1cn(Cc2ccc(F)cc2)c2cnc3c(c12)CCN(O)C3=O. The minimum absolute atomic E-state index is 0.221. The molecule has 0 bridgehead atoms. The molecule has 1 amide bonds. The van der Waals surface area contributed by atoms with Gasteiger partial charge in [-0.3, -0.25) is 15.0 Å². The summed E-state index contributed by atoms with van der Waals surface area (Å²) >= 11 is 0. The summed E-state index contributed by atoms with van der Waals surface area (Å²) in [6, 6.07) is 6.37. The number of carbonyl (C=O) groups excluding carboxylic acids is 1. The fourth-order valence-electron chi connectivity index (χ4n) is 3.74. The third kappa shape index (κ3) is 3.96. The van der Waals surface area contributed by atoms with Crippen LogP contribution in [0, 0.1) is 5.82 Å². The predicted molar refractivity (Wildman–Crippen MR) is 110 cm³/mol. The summed E-state index contributed by atoms with van der Waals surface area (Å²) in [5, 5.41) is 11.4. The molecule has 1 N–H and O–H groups in total. The second-order valence-electron chi connectivity index (χ2n) is 7.13. The van der Waals surface area contributed by atoms with Crippen LogP contribution in [-0.2, 0) is 24.3 Å². The Kier molecular flexibility index (Phi) is 5.87. The molecule has 0 spiro atoms. The zero-order chi connectivity index (χ0) is 21.1. The van der Waals surface area contributed by atoms with E-state index >= 15 is 0 Å². The maximum absolute atomic E-state index is 13.3. The van der Waals surface area contributed by atoms with E-state index in [1.165, 1.54) is 12.1 Å². The molecule has 8 heteroatoms. The largest absolute Gasteiger partial charge is 0.371 e. The first-order valence-electron chi connectivity index (χ1n) is 9.89.